The predicted molar refractivity (Wildman–Crippen MR) is 60.5 cm³/mol. The molecule has 0 amide bonds. The number of carboxylic acids is 1. The molecule has 0 radical (unpaired) electrons. The highest BCUT2D eigenvalue weighted by Crippen LogP contribution is 2.17. The Morgan fingerprint density at radius 3 is 2.38 bits per heavy atom. The van der Waals surface area contributed by atoms with Crippen molar-refractivity contribution in [1.29, 1.82) is 0 Å². The van der Waals surface area contributed by atoms with Crippen LogP contribution in [0.3, 0.4) is 0 Å². The summed E-state index contributed by atoms with van der Waals surface area (Å²) >= 11 is 0. The molecular weight excluding hydrogens is 208 g/mol. The second-order valence-corrected chi connectivity index (χ2v) is 4.90. The third-order valence-corrected chi connectivity index (χ3v) is 2.57. The molecule has 0 bridgehead atoms. The van der Waals surface area contributed by atoms with Gasteiger partial charge in [-0.05, 0) is 27.7 Å². The zero-order valence-corrected chi connectivity index (χ0v) is 10.1. The normalized spacial score (nSPS) is 12.1. The van der Waals surface area contributed by atoms with E-state index in [1.165, 1.54) is 4.57 Å². The molecule has 0 aliphatic rings. The first-order valence-electron chi connectivity index (χ1n) is 5.26. The lowest BCUT2D eigenvalue weighted by Gasteiger charge is -2.18. The first-order chi connectivity index (χ1) is 7.25. The molecule has 0 fully saturated rings. The molecule has 0 aliphatic carbocycles. The van der Waals surface area contributed by atoms with E-state index in [4.69, 9.17) is 5.11 Å². The van der Waals surface area contributed by atoms with E-state index in [1.807, 2.05) is 13.8 Å². The molecule has 0 spiro atoms. The van der Waals surface area contributed by atoms with Crippen molar-refractivity contribution in [1.82, 2.24) is 9.13 Å². The molecule has 0 saturated heterocycles. The summed E-state index contributed by atoms with van der Waals surface area (Å²) in [4.78, 5) is 22.8. The van der Waals surface area contributed by atoms with Gasteiger partial charge < -0.3 is 5.11 Å². The number of nitrogens with zero attached hydrogens (tertiary/aromatic N) is 2. The molecule has 90 valence electrons. The summed E-state index contributed by atoms with van der Waals surface area (Å²) in [7, 11) is 0. The van der Waals surface area contributed by atoms with Crippen LogP contribution in [0, 0.1) is 5.41 Å². The fourth-order valence-electron chi connectivity index (χ4n) is 1.43. The van der Waals surface area contributed by atoms with Gasteiger partial charge in [0.2, 0.25) is 0 Å². The summed E-state index contributed by atoms with van der Waals surface area (Å²) in [6.45, 7) is 7.21. The van der Waals surface area contributed by atoms with Crippen molar-refractivity contribution in [3.8, 4) is 0 Å². The summed E-state index contributed by atoms with van der Waals surface area (Å²) in [6.07, 6.45) is 3.32. The van der Waals surface area contributed by atoms with Crippen LogP contribution < -0.4 is 5.69 Å². The third kappa shape index (κ3) is 2.35. The molecule has 0 atom stereocenters. The topological polar surface area (TPSA) is 64.2 Å². The highest BCUT2D eigenvalue weighted by Gasteiger charge is 2.28. The summed E-state index contributed by atoms with van der Waals surface area (Å²) < 4.78 is 3.02. The number of imidazole rings is 1. The van der Waals surface area contributed by atoms with Crippen LogP contribution in [0.1, 0.15) is 33.7 Å². The van der Waals surface area contributed by atoms with Crippen LogP contribution in [-0.2, 0) is 11.3 Å². The van der Waals surface area contributed by atoms with Crippen LogP contribution in [0.15, 0.2) is 17.2 Å². The first kappa shape index (κ1) is 12.5. The van der Waals surface area contributed by atoms with E-state index in [0.717, 1.165) is 0 Å². The molecule has 1 N–H and O–H groups in total. The van der Waals surface area contributed by atoms with Gasteiger partial charge in [0.25, 0.3) is 0 Å². The summed E-state index contributed by atoms with van der Waals surface area (Å²) in [5.41, 5.74) is -1.10. The average Bonchev–Trinajstić information content (AvgIpc) is 2.47. The zero-order chi connectivity index (χ0) is 12.5. The van der Waals surface area contributed by atoms with Crippen molar-refractivity contribution in [2.24, 2.45) is 5.41 Å². The minimum Gasteiger partial charge on any atom is -0.481 e. The minimum atomic E-state index is -0.938. The van der Waals surface area contributed by atoms with Crippen molar-refractivity contribution in [2.45, 2.75) is 40.3 Å². The van der Waals surface area contributed by atoms with Crippen molar-refractivity contribution in [3.05, 3.63) is 22.9 Å². The van der Waals surface area contributed by atoms with E-state index in [1.54, 1.807) is 30.8 Å². The first-order valence-corrected chi connectivity index (χ1v) is 5.26. The van der Waals surface area contributed by atoms with Crippen molar-refractivity contribution < 1.29 is 9.90 Å². The maximum atomic E-state index is 11.8. The molecule has 5 heteroatoms. The van der Waals surface area contributed by atoms with Crippen LogP contribution in [-0.4, -0.2) is 20.2 Å². The lowest BCUT2D eigenvalue weighted by Crippen LogP contribution is -2.34. The van der Waals surface area contributed by atoms with Crippen molar-refractivity contribution >= 4 is 5.97 Å². The molecule has 0 aliphatic heterocycles. The van der Waals surface area contributed by atoms with Crippen LogP contribution >= 0.6 is 0 Å². The summed E-state index contributed by atoms with van der Waals surface area (Å²) in [5, 5.41) is 8.99. The molecular formula is C11H18N2O3. The third-order valence-electron chi connectivity index (χ3n) is 2.57. The van der Waals surface area contributed by atoms with Gasteiger partial charge in [0.05, 0.1) is 5.41 Å². The van der Waals surface area contributed by atoms with Crippen LogP contribution in [0.25, 0.3) is 0 Å². The minimum absolute atomic E-state index is 0.0849. The molecule has 0 aromatic carbocycles. The van der Waals surface area contributed by atoms with Gasteiger partial charge in [-0.3, -0.25) is 13.9 Å². The number of aromatic nitrogens is 2. The quantitative estimate of drug-likeness (QED) is 0.842. The maximum Gasteiger partial charge on any atom is 0.328 e. The molecule has 16 heavy (non-hydrogen) atoms. The standard InChI is InChI=1S/C11H18N2O3/c1-8(2)13-6-5-12(10(13)16)7-11(3,4)9(14)15/h5-6,8H,7H2,1-4H3,(H,14,15). The molecule has 5 nitrogen and oxygen atoms in total. The highest BCUT2D eigenvalue weighted by molar-refractivity contribution is 5.73. The van der Waals surface area contributed by atoms with Gasteiger partial charge in [0, 0.05) is 25.0 Å². The Bertz CT molecular complexity index is 440. The van der Waals surface area contributed by atoms with Crippen LogP contribution in [0.2, 0.25) is 0 Å². The van der Waals surface area contributed by atoms with Gasteiger partial charge in [-0.1, -0.05) is 0 Å². The smallest absolute Gasteiger partial charge is 0.328 e. The lowest BCUT2D eigenvalue weighted by atomic mass is 9.94. The molecule has 0 saturated carbocycles. The molecule has 1 aromatic heterocycles. The Labute approximate surface area is 94.3 Å². The van der Waals surface area contributed by atoms with E-state index in [0.29, 0.717) is 0 Å². The van der Waals surface area contributed by atoms with Crippen molar-refractivity contribution in [2.75, 3.05) is 0 Å². The fraction of sp³-hybridized carbons (Fsp3) is 0.636. The number of hydrogen-bond acceptors (Lipinski definition) is 2. The average molecular weight is 226 g/mol. The maximum absolute atomic E-state index is 11.8. The van der Waals surface area contributed by atoms with E-state index < -0.39 is 11.4 Å². The van der Waals surface area contributed by atoms with Gasteiger partial charge >= 0.3 is 11.7 Å². The van der Waals surface area contributed by atoms with Gasteiger partial charge in [-0.25, -0.2) is 4.79 Å². The second-order valence-electron chi connectivity index (χ2n) is 4.90. The van der Waals surface area contributed by atoms with Crippen molar-refractivity contribution in [3.63, 3.8) is 0 Å². The number of rotatable bonds is 4. The molecule has 1 aromatic rings. The summed E-state index contributed by atoms with van der Waals surface area (Å²) in [5.74, 6) is -0.906. The van der Waals surface area contributed by atoms with Gasteiger partial charge in [0.15, 0.2) is 0 Å². The molecule has 0 unspecified atom stereocenters. The fourth-order valence-corrected chi connectivity index (χ4v) is 1.43. The van der Waals surface area contributed by atoms with Gasteiger partial charge in [-0.15, -0.1) is 0 Å². The second kappa shape index (κ2) is 4.15. The van der Waals surface area contributed by atoms with Crippen LogP contribution in [0.5, 0.6) is 0 Å². The molecule has 1 rings (SSSR count). The van der Waals surface area contributed by atoms with E-state index in [9.17, 15) is 9.59 Å². The SMILES string of the molecule is CC(C)n1ccn(CC(C)(C)C(=O)O)c1=O. The summed E-state index contributed by atoms with van der Waals surface area (Å²) in [6, 6.07) is 0.0849. The Morgan fingerprint density at radius 2 is 2.00 bits per heavy atom. The Kier molecular flexibility index (Phi) is 3.26. The largest absolute Gasteiger partial charge is 0.481 e. The number of carbonyl (C=O) groups is 1. The lowest BCUT2D eigenvalue weighted by molar-refractivity contribution is -0.147. The highest BCUT2D eigenvalue weighted by atomic mass is 16.4. The van der Waals surface area contributed by atoms with Gasteiger partial charge in [0.1, 0.15) is 0 Å². The van der Waals surface area contributed by atoms with E-state index >= 15 is 0 Å². The predicted octanol–water partition coefficient (Wildman–Crippen LogP) is 1.34. The zero-order valence-electron chi connectivity index (χ0n) is 10.1. The number of aliphatic carboxylic acids is 1. The Morgan fingerprint density at radius 1 is 1.44 bits per heavy atom. The van der Waals surface area contributed by atoms with Gasteiger partial charge in [-0.2, -0.15) is 0 Å². The Hall–Kier alpha value is -1.52. The number of hydrogen-bond donors (Lipinski definition) is 1. The number of carboxylic acid groups (broad SMARTS) is 1. The Balaban J connectivity index is 3.00. The van der Waals surface area contributed by atoms with Crippen LogP contribution in [0.4, 0.5) is 0 Å². The van der Waals surface area contributed by atoms with E-state index in [-0.39, 0.29) is 18.3 Å². The molecule has 1 heterocycles. The van der Waals surface area contributed by atoms with E-state index in [2.05, 4.69) is 0 Å². The monoisotopic (exact) mass is 226 g/mol.